The van der Waals surface area contributed by atoms with Crippen LogP contribution in [0.2, 0.25) is 0 Å². The van der Waals surface area contributed by atoms with E-state index in [4.69, 9.17) is 9.47 Å². The zero-order valence-corrected chi connectivity index (χ0v) is 10.1. The Morgan fingerprint density at radius 3 is 2.50 bits per heavy atom. The van der Waals surface area contributed by atoms with Crippen LogP contribution >= 0.6 is 0 Å². The van der Waals surface area contributed by atoms with Gasteiger partial charge in [0.1, 0.15) is 0 Å². The molecule has 0 bridgehead atoms. The lowest BCUT2D eigenvalue weighted by Gasteiger charge is -2.17. The lowest BCUT2D eigenvalue weighted by Crippen LogP contribution is -2.26. The molecule has 0 atom stereocenters. The van der Waals surface area contributed by atoms with E-state index in [2.05, 4.69) is 0 Å². The molecule has 0 radical (unpaired) electrons. The second kappa shape index (κ2) is 5.39. The van der Waals surface area contributed by atoms with Crippen molar-refractivity contribution in [3.05, 3.63) is 23.8 Å². The molecule has 0 aliphatic heterocycles. The van der Waals surface area contributed by atoms with Crippen LogP contribution in [0.25, 0.3) is 0 Å². The zero-order valence-electron chi connectivity index (χ0n) is 10.1. The van der Waals surface area contributed by atoms with Crippen molar-refractivity contribution in [2.24, 2.45) is 0 Å². The summed E-state index contributed by atoms with van der Waals surface area (Å²) in [5, 5.41) is 0. The predicted molar refractivity (Wildman–Crippen MR) is 62.2 cm³/mol. The van der Waals surface area contributed by atoms with Crippen molar-refractivity contribution in [1.29, 1.82) is 0 Å². The number of amides is 1. The number of carbonyl (C=O) groups is 1. The number of ether oxygens (including phenoxy) is 2. The van der Waals surface area contributed by atoms with E-state index in [1.165, 1.54) is 7.11 Å². The Kier molecular flexibility index (Phi) is 4.17. The molecule has 0 aliphatic rings. The minimum Gasteiger partial charge on any atom is -0.493 e. The maximum Gasteiger partial charge on any atom is 0.257 e. The van der Waals surface area contributed by atoms with Gasteiger partial charge in [-0.15, -0.1) is 0 Å². The summed E-state index contributed by atoms with van der Waals surface area (Å²) in [5.41, 5.74) is 0.520. The van der Waals surface area contributed by atoms with Crippen LogP contribution in [0.4, 0.5) is 0 Å². The molecule has 4 heteroatoms. The molecule has 0 fully saturated rings. The van der Waals surface area contributed by atoms with Crippen LogP contribution in [-0.4, -0.2) is 38.6 Å². The molecule has 0 heterocycles. The molecule has 16 heavy (non-hydrogen) atoms. The normalized spacial score (nSPS) is 9.75. The summed E-state index contributed by atoms with van der Waals surface area (Å²) >= 11 is 0. The van der Waals surface area contributed by atoms with Crippen molar-refractivity contribution in [3.8, 4) is 11.5 Å². The first-order valence-corrected chi connectivity index (χ1v) is 5.12. The first-order chi connectivity index (χ1) is 7.65. The van der Waals surface area contributed by atoms with E-state index in [-0.39, 0.29) is 5.91 Å². The van der Waals surface area contributed by atoms with Crippen LogP contribution in [0.1, 0.15) is 17.3 Å². The van der Waals surface area contributed by atoms with Gasteiger partial charge in [-0.2, -0.15) is 0 Å². The third-order valence-electron chi connectivity index (χ3n) is 2.45. The largest absolute Gasteiger partial charge is 0.493 e. The smallest absolute Gasteiger partial charge is 0.257 e. The highest BCUT2D eigenvalue weighted by Crippen LogP contribution is 2.31. The van der Waals surface area contributed by atoms with E-state index in [9.17, 15) is 4.79 Å². The van der Waals surface area contributed by atoms with E-state index < -0.39 is 0 Å². The summed E-state index contributed by atoms with van der Waals surface area (Å²) in [4.78, 5) is 13.6. The van der Waals surface area contributed by atoms with Crippen molar-refractivity contribution >= 4 is 5.91 Å². The molecule has 0 spiro atoms. The van der Waals surface area contributed by atoms with Crippen LogP contribution in [0, 0.1) is 0 Å². The van der Waals surface area contributed by atoms with Gasteiger partial charge in [0.25, 0.3) is 5.91 Å². The molecule has 0 saturated carbocycles. The fourth-order valence-electron chi connectivity index (χ4n) is 1.40. The van der Waals surface area contributed by atoms with Gasteiger partial charge in [-0.3, -0.25) is 4.79 Å². The Balaban J connectivity index is 3.17. The van der Waals surface area contributed by atoms with E-state index >= 15 is 0 Å². The van der Waals surface area contributed by atoms with Crippen LogP contribution in [0.3, 0.4) is 0 Å². The molecule has 0 unspecified atom stereocenters. The molecule has 1 rings (SSSR count). The van der Waals surface area contributed by atoms with Gasteiger partial charge in [-0.05, 0) is 19.1 Å². The third kappa shape index (κ3) is 2.27. The highest BCUT2D eigenvalue weighted by molar-refractivity contribution is 5.97. The predicted octanol–water partition coefficient (Wildman–Crippen LogP) is 1.80. The van der Waals surface area contributed by atoms with E-state index in [0.29, 0.717) is 23.6 Å². The van der Waals surface area contributed by atoms with Gasteiger partial charge in [-0.1, -0.05) is 6.07 Å². The van der Waals surface area contributed by atoms with Gasteiger partial charge in [-0.25, -0.2) is 0 Å². The maximum absolute atomic E-state index is 12.0. The minimum absolute atomic E-state index is 0.0711. The van der Waals surface area contributed by atoms with Crippen molar-refractivity contribution in [1.82, 2.24) is 4.90 Å². The van der Waals surface area contributed by atoms with E-state index in [1.54, 1.807) is 37.3 Å². The molecule has 0 aliphatic carbocycles. The minimum atomic E-state index is -0.0711. The quantitative estimate of drug-likeness (QED) is 0.781. The summed E-state index contributed by atoms with van der Waals surface area (Å²) in [7, 11) is 4.83. The Morgan fingerprint density at radius 1 is 1.31 bits per heavy atom. The standard InChI is InChI=1S/C12H17NO3/c1-5-13(2)12(14)9-7-6-8-10(15-3)11(9)16-4/h6-8H,5H2,1-4H3. The Morgan fingerprint density at radius 2 is 2.00 bits per heavy atom. The van der Waals surface area contributed by atoms with Crippen LogP contribution in [0.5, 0.6) is 11.5 Å². The first-order valence-electron chi connectivity index (χ1n) is 5.12. The van der Waals surface area contributed by atoms with E-state index in [0.717, 1.165) is 0 Å². The number of benzene rings is 1. The van der Waals surface area contributed by atoms with E-state index in [1.807, 2.05) is 6.92 Å². The highest BCUT2D eigenvalue weighted by Gasteiger charge is 2.18. The second-order valence-corrected chi connectivity index (χ2v) is 3.36. The van der Waals surface area contributed by atoms with Crippen LogP contribution < -0.4 is 9.47 Å². The molecule has 0 aromatic heterocycles. The summed E-state index contributed by atoms with van der Waals surface area (Å²) in [6, 6.07) is 5.27. The number of rotatable bonds is 4. The monoisotopic (exact) mass is 223 g/mol. The van der Waals surface area contributed by atoms with Crippen molar-refractivity contribution in [3.63, 3.8) is 0 Å². The average molecular weight is 223 g/mol. The van der Waals surface area contributed by atoms with Crippen LogP contribution in [0.15, 0.2) is 18.2 Å². The number of methoxy groups -OCH3 is 2. The lowest BCUT2D eigenvalue weighted by molar-refractivity contribution is 0.0798. The van der Waals surface area contributed by atoms with Crippen LogP contribution in [-0.2, 0) is 0 Å². The number of hydrogen-bond acceptors (Lipinski definition) is 3. The molecule has 0 saturated heterocycles. The fourth-order valence-corrected chi connectivity index (χ4v) is 1.40. The number of carbonyl (C=O) groups excluding carboxylic acids is 1. The summed E-state index contributed by atoms with van der Waals surface area (Å²) in [5.74, 6) is 0.978. The van der Waals surface area contributed by atoms with Gasteiger partial charge < -0.3 is 14.4 Å². The molecule has 1 aromatic rings. The lowest BCUT2D eigenvalue weighted by atomic mass is 10.1. The SMILES string of the molecule is CCN(C)C(=O)c1cccc(OC)c1OC. The van der Waals surface area contributed by atoms with Crippen molar-refractivity contribution in [2.75, 3.05) is 27.8 Å². The van der Waals surface area contributed by atoms with Crippen molar-refractivity contribution in [2.45, 2.75) is 6.92 Å². The number of hydrogen-bond donors (Lipinski definition) is 0. The van der Waals surface area contributed by atoms with Gasteiger partial charge in [0, 0.05) is 13.6 Å². The van der Waals surface area contributed by atoms with Crippen molar-refractivity contribution < 1.29 is 14.3 Å². The molecule has 88 valence electrons. The second-order valence-electron chi connectivity index (χ2n) is 3.36. The number of nitrogens with zero attached hydrogens (tertiary/aromatic N) is 1. The summed E-state index contributed by atoms with van der Waals surface area (Å²) in [6.45, 7) is 2.57. The van der Waals surface area contributed by atoms with Gasteiger partial charge in [0.2, 0.25) is 0 Å². The van der Waals surface area contributed by atoms with Gasteiger partial charge in [0.05, 0.1) is 19.8 Å². The summed E-state index contributed by atoms with van der Waals surface area (Å²) in [6.07, 6.45) is 0. The highest BCUT2D eigenvalue weighted by atomic mass is 16.5. The maximum atomic E-state index is 12.0. The zero-order chi connectivity index (χ0) is 12.1. The summed E-state index contributed by atoms with van der Waals surface area (Å²) < 4.78 is 10.4. The third-order valence-corrected chi connectivity index (χ3v) is 2.45. The first kappa shape index (κ1) is 12.4. The molecular formula is C12H17NO3. The molecule has 0 N–H and O–H groups in total. The Hall–Kier alpha value is -1.71. The molecule has 1 aromatic carbocycles. The molecular weight excluding hydrogens is 206 g/mol. The Bertz CT molecular complexity index is 377. The molecule has 4 nitrogen and oxygen atoms in total. The fraction of sp³-hybridized carbons (Fsp3) is 0.417. The average Bonchev–Trinajstić information content (AvgIpc) is 2.35. The van der Waals surface area contributed by atoms with Gasteiger partial charge in [0.15, 0.2) is 11.5 Å². The van der Waals surface area contributed by atoms with Gasteiger partial charge >= 0.3 is 0 Å². The Labute approximate surface area is 95.8 Å². The number of para-hydroxylation sites is 1. The molecule has 1 amide bonds. The topological polar surface area (TPSA) is 38.8 Å².